The summed E-state index contributed by atoms with van der Waals surface area (Å²) in [6.45, 7) is 4.52. The molecule has 4 rings (SSSR count). The van der Waals surface area contributed by atoms with Gasteiger partial charge in [-0.2, -0.15) is 0 Å². The molecule has 4 aromatic rings. The number of aromatic nitrogens is 4. The van der Waals surface area contributed by atoms with E-state index in [4.69, 9.17) is 4.74 Å². The van der Waals surface area contributed by atoms with Crippen molar-refractivity contribution >= 4 is 28.3 Å². The quantitative estimate of drug-likeness (QED) is 0.479. The summed E-state index contributed by atoms with van der Waals surface area (Å²) in [5, 5.41) is 16.3. The van der Waals surface area contributed by atoms with Gasteiger partial charge in [-0.3, -0.25) is 0 Å². The normalized spacial score (nSPS) is 12.7. The third-order valence-corrected chi connectivity index (χ3v) is 5.42. The van der Waals surface area contributed by atoms with E-state index in [2.05, 4.69) is 35.0 Å². The maximum absolute atomic E-state index is 10.3. The average Bonchev–Trinajstić information content (AvgIpc) is 3.14. The number of fused-ring (bicyclic) bond motifs is 3. The third kappa shape index (κ3) is 4.10. The molecule has 28 heavy (non-hydrogen) atoms. The predicted octanol–water partition coefficient (Wildman–Crippen LogP) is 3.93. The molecule has 0 bridgehead atoms. The van der Waals surface area contributed by atoms with Crippen molar-refractivity contribution in [2.24, 2.45) is 0 Å². The van der Waals surface area contributed by atoms with Crippen LogP contribution >= 0.6 is 11.8 Å². The Morgan fingerprint density at radius 2 is 2.00 bits per heavy atom. The first kappa shape index (κ1) is 18.7. The molecule has 1 atom stereocenters. The molecule has 2 heterocycles. The van der Waals surface area contributed by atoms with Crippen molar-refractivity contribution in [1.29, 1.82) is 0 Å². The molecule has 0 aliphatic heterocycles. The smallest absolute Gasteiger partial charge is 0.209 e. The highest BCUT2D eigenvalue weighted by Crippen LogP contribution is 2.22. The van der Waals surface area contributed by atoms with Crippen LogP contribution in [0, 0.1) is 0 Å². The van der Waals surface area contributed by atoms with Crippen molar-refractivity contribution in [3.05, 3.63) is 60.4 Å². The van der Waals surface area contributed by atoms with Crippen LogP contribution < -0.4 is 4.74 Å². The number of benzene rings is 2. The van der Waals surface area contributed by atoms with E-state index in [0.717, 1.165) is 22.3 Å². The van der Waals surface area contributed by atoms with Gasteiger partial charge in [0.15, 0.2) is 5.65 Å². The van der Waals surface area contributed by atoms with Crippen LogP contribution in [0.5, 0.6) is 5.75 Å². The summed E-state index contributed by atoms with van der Waals surface area (Å²) < 4.78 is 7.42. The Morgan fingerprint density at radius 1 is 1.14 bits per heavy atom. The Balaban J connectivity index is 1.37. The Kier molecular flexibility index (Phi) is 5.45. The highest BCUT2D eigenvalue weighted by atomic mass is 32.2. The van der Waals surface area contributed by atoms with Gasteiger partial charge in [-0.25, -0.2) is 14.5 Å². The van der Waals surface area contributed by atoms with Gasteiger partial charge in [0, 0.05) is 11.1 Å². The first-order chi connectivity index (χ1) is 13.6. The van der Waals surface area contributed by atoms with E-state index < -0.39 is 6.10 Å². The van der Waals surface area contributed by atoms with Crippen molar-refractivity contribution in [3.63, 3.8) is 0 Å². The molecule has 0 spiro atoms. The summed E-state index contributed by atoms with van der Waals surface area (Å²) >= 11 is 1.41. The largest absolute Gasteiger partial charge is 0.491 e. The van der Waals surface area contributed by atoms with Gasteiger partial charge in [0.2, 0.25) is 5.16 Å². The van der Waals surface area contributed by atoms with E-state index in [9.17, 15) is 5.11 Å². The lowest BCUT2D eigenvalue weighted by atomic mass is 10.0. The predicted molar refractivity (Wildman–Crippen MR) is 111 cm³/mol. The molecule has 0 saturated carbocycles. The van der Waals surface area contributed by atoms with E-state index in [1.54, 1.807) is 10.8 Å². The lowest BCUT2D eigenvalue weighted by Gasteiger charge is -2.13. The van der Waals surface area contributed by atoms with Crippen LogP contribution in [0.3, 0.4) is 0 Å². The molecule has 7 heteroatoms. The minimum atomic E-state index is -0.616. The van der Waals surface area contributed by atoms with Crippen LogP contribution in [-0.4, -0.2) is 43.2 Å². The van der Waals surface area contributed by atoms with Crippen molar-refractivity contribution in [1.82, 2.24) is 19.6 Å². The fraction of sp³-hybridized carbons (Fsp3) is 0.286. The topological polar surface area (TPSA) is 72.5 Å². The highest BCUT2D eigenvalue weighted by Gasteiger charge is 2.12. The summed E-state index contributed by atoms with van der Waals surface area (Å²) in [5.41, 5.74) is 2.87. The molecular formula is C21H22N4O2S. The van der Waals surface area contributed by atoms with Gasteiger partial charge < -0.3 is 9.84 Å². The number of ether oxygens (including phenoxy) is 1. The lowest BCUT2D eigenvalue weighted by molar-refractivity contribution is 0.126. The van der Waals surface area contributed by atoms with Crippen LogP contribution in [0.25, 0.3) is 16.6 Å². The van der Waals surface area contributed by atoms with Crippen LogP contribution in [-0.2, 0) is 0 Å². The highest BCUT2D eigenvalue weighted by molar-refractivity contribution is 7.99. The summed E-state index contributed by atoms with van der Waals surface area (Å²) in [4.78, 5) is 8.97. The van der Waals surface area contributed by atoms with Gasteiger partial charge in [-0.15, -0.1) is 5.10 Å². The van der Waals surface area contributed by atoms with Gasteiger partial charge in [-0.1, -0.05) is 49.9 Å². The van der Waals surface area contributed by atoms with Gasteiger partial charge >= 0.3 is 0 Å². The summed E-state index contributed by atoms with van der Waals surface area (Å²) in [5.74, 6) is 1.67. The molecule has 0 saturated heterocycles. The molecule has 0 amide bonds. The van der Waals surface area contributed by atoms with Gasteiger partial charge in [-0.05, 0) is 35.7 Å². The Bertz CT molecular complexity index is 1100. The zero-order valence-corrected chi connectivity index (χ0v) is 16.6. The van der Waals surface area contributed by atoms with Gasteiger partial charge in [0.25, 0.3) is 0 Å². The summed E-state index contributed by atoms with van der Waals surface area (Å²) in [7, 11) is 0. The third-order valence-electron chi connectivity index (χ3n) is 4.43. The Morgan fingerprint density at radius 3 is 2.86 bits per heavy atom. The number of aliphatic hydroxyl groups excluding tert-OH is 1. The molecule has 1 N–H and O–H groups in total. The molecule has 0 aliphatic carbocycles. The van der Waals surface area contributed by atoms with Crippen molar-refractivity contribution in [3.8, 4) is 5.75 Å². The zero-order chi connectivity index (χ0) is 19.5. The number of rotatable bonds is 7. The fourth-order valence-electron chi connectivity index (χ4n) is 2.90. The minimum Gasteiger partial charge on any atom is -0.491 e. The van der Waals surface area contributed by atoms with Gasteiger partial charge in [0.05, 0.1) is 11.6 Å². The summed E-state index contributed by atoms with van der Waals surface area (Å²) in [6.07, 6.45) is 1.05. The molecule has 2 aromatic heterocycles. The van der Waals surface area contributed by atoms with E-state index in [0.29, 0.717) is 16.8 Å². The molecule has 6 nitrogen and oxygen atoms in total. The average molecular weight is 395 g/mol. The van der Waals surface area contributed by atoms with Gasteiger partial charge in [0.1, 0.15) is 18.7 Å². The molecule has 0 radical (unpaired) electrons. The standard InChI is InChI=1S/C21H22N4O2S/c1-14(2)15-6-5-7-17(10-15)27-11-16(26)12-28-21-23-20-18-8-3-4-9-19(18)22-13-25(20)24-21/h3-10,13-14,16,26H,11-12H2,1-2H3. The first-order valence-electron chi connectivity index (χ1n) is 9.24. The van der Waals surface area contributed by atoms with E-state index >= 15 is 0 Å². The number of thioether (sulfide) groups is 1. The SMILES string of the molecule is CC(C)c1cccc(OCC(O)CSc2nc3c4ccccc4ncn3n2)c1. The summed E-state index contributed by atoms with van der Waals surface area (Å²) in [6, 6.07) is 15.8. The van der Waals surface area contributed by atoms with E-state index in [1.807, 2.05) is 42.5 Å². The molecule has 0 fully saturated rings. The molecule has 2 aromatic carbocycles. The second-order valence-electron chi connectivity index (χ2n) is 6.93. The van der Waals surface area contributed by atoms with Crippen LogP contribution in [0.2, 0.25) is 0 Å². The van der Waals surface area contributed by atoms with Crippen LogP contribution in [0.15, 0.2) is 60.0 Å². The number of para-hydroxylation sites is 1. The minimum absolute atomic E-state index is 0.229. The monoisotopic (exact) mass is 394 g/mol. The Hall–Kier alpha value is -2.64. The fourth-order valence-corrected chi connectivity index (χ4v) is 3.63. The second kappa shape index (κ2) is 8.16. The van der Waals surface area contributed by atoms with Crippen LogP contribution in [0.1, 0.15) is 25.3 Å². The number of hydrogen-bond donors (Lipinski definition) is 1. The van der Waals surface area contributed by atoms with E-state index in [1.165, 1.54) is 17.3 Å². The number of hydrogen-bond acceptors (Lipinski definition) is 6. The van der Waals surface area contributed by atoms with E-state index in [-0.39, 0.29) is 6.61 Å². The molecule has 144 valence electrons. The van der Waals surface area contributed by atoms with Crippen molar-refractivity contribution < 1.29 is 9.84 Å². The maximum atomic E-state index is 10.3. The van der Waals surface area contributed by atoms with Crippen molar-refractivity contribution in [2.75, 3.05) is 12.4 Å². The number of aliphatic hydroxyl groups is 1. The number of nitrogens with zero attached hydrogens (tertiary/aromatic N) is 4. The van der Waals surface area contributed by atoms with Crippen LogP contribution in [0.4, 0.5) is 0 Å². The Labute approximate surface area is 167 Å². The maximum Gasteiger partial charge on any atom is 0.209 e. The lowest BCUT2D eigenvalue weighted by Crippen LogP contribution is -2.20. The first-order valence-corrected chi connectivity index (χ1v) is 10.2. The van der Waals surface area contributed by atoms with Crippen molar-refractivity contribution in [2.45, 2.75) is 31.0 Å². The molecule has 0 aliphatic rings. The second-order valence-corrected chi connectivity index (χ2v) is 7.91. The zero-order valence-electron chi connectivity index (χ0n) is 15.8. The molecular weight excluding hydrogens is 372 g/mol. The molecule has 1 unspecified atom stereocenters.